The van der Waals surface area contributed by atoms with Crippen molar-refractivity contribution in [2.24, 2.45) is 5.16 Å². The molecule has 0 unspecified atom stereocenters. The number of fused-ring (bicyclic) bond motifs is 1. The minimum atomic E-state index is 0. The summed E-state index contributed by atoms with van der Waals surface area (Å²) < 4.78 is 6.04. The highest BCUT2D eigenvalue weighted by molar-refractivity contribution is 6.31. The number of rotatable bonds is 7. The van der Waals surface area contributed by atoms with E-state index in [0.717, 1.165) is 41.9 Å². The van der Waals surface area contributed by atoms with E-state index in [1.54, 1.807) is 0 Å². The Balaban J connectivity index is 0.00000261. The molecular weight excluding hydrogens is 383 g/mol. The third-order valence-electron chi connectivity index (χ3n) is 4.32. The van der Waals surface area contributed by atoms with Gasteiger partial charge in [-0.05, 0) is 31.3 Å². The molecule has 6 heteroatoms. The lowest BCUT2D eigenvalue weighted by Gasteiger charge is -2.16. The second-order valence-electron chi connectivity index (χ2n) is 5.95. The fraction of sp³-hybridized carbons (Fsp3) is 0.286. The SMILES string of the molecule is CCN(CC)CCO/N=c1/cc(-c2ccccc2)oc2ccc(Cl)cc12.Cl. The molecule has 2 aromatic carbocycles. The molecule has 27 heavy (non-hydrogen) atoms. The first-order valence-corrected chi connectivity index (χ1v) is 9.26. The first kappa shape index (κ1) is 21.3. The first-order valence-electron chi connectivity index (χ1n) is 8.88. The number of halogens is 2. The van der Waals surface area contributed by atoms with Gasteiger partial charge in [0.25, 0.3) is 0 Å². The summed E-state index contributed by atoms with van der Waals surface area (Å²) in [6.07, 6.45) is 0. The van der Waals surface area contributed by atoms with E-state index < -0.39 is 0 Å². The summed E-state index contributed by atoms with van der Waals surface area (Å²) in [5, 5.41) is 6.54. The molecule has 0 aliphatic rings. The van der Waals surface area contributed by atoms with Gasteiger partial charge >= 0.3 is 0 Å². The largest absolute Gasteiger partial charge is 0.456 e. The average molecular weight is 407 g/mol. The summed E-state index contributed by atoms with van der Waals surface area (Å²) in [5.41, 5.74) is 1.71. The number of nitrogens with zero attached hydrogens (tertiary/aromatic N) is 2. The van der Waals surface area contributed by atoms with Gasteiger partial charge in [-0.2, -0.15) is 0 Å². The third-order valence-corrected chi connectivity index (χ3v) is 4.55. The number of hydrogen-bond donors (Lipinski definition) is 0. The van der Waals surface area contributed by atoms with Crippen molar-refractivity contribution >= 4 is 35.0 Å². The summed E-state index contributed by atoms with van der Waals surface area (Å²) in [6.45, 7) is 7.66. The number of likely N-dealkylation sites (N-methyl/N-ethyl adjacent to an activating group) is 1. The summed E-state index contributed by atoms with van der Waals surface area (Å²) in [5.74, 6) is 0.742. The molecule has 0 saturated heterocycles. The molecule has 0 saturated carbocycles. The lowest BCUT2D eigenvalue weighted by atomic mass is 10.1. The quantitative estimate of drug-likeness (QED) is 0.392. The highest BCUT2D eigenvalue weighted by Crippen LogP contribution is 2.23. The molecule has 3 rings (SSSR count). The average Bonchev–Trinajstić information content (AvgIpc) is 2.68. The predicted molar refractivity (Wildman–Crippen MR) is 113 cm³/mol. The third kappa shape index (κ3) is 5.48. The Morgan fingerprint density at radius 3 is 2.48 bits per heavy atom. The maximum atomic E-state index is 6.16. The zero-order valence-electron chi connectivity index (χ0n) is 15.5. The molecule has 0 spiro atoms. The van der Waals surface area contributed by atoms with E-state index in [1.165, 1.54) is 0 Å². The van der Waals surface area contributed by atoms with Crippen molar-refractivity contribution in [3.63, 3.8) is 0 Å². The molecule has 0 bridgehead atoms. The molecule has 0 amide bonds. The van der Waals surface area contributed by atoms with Crippen LogP contribution in [0.5, 0.6) is 0 Å². The van der Waals surface area contributed by atoms with Crippen molar-refractivity contribution in [1.29, 1.82) is 0 Å². The van der Waals surface area contributed by atoms with E-state index >= 15 is 0 Å². The Bertz CT molecular complexity index is 922. The molecule has 0 aliphatic heterocycles. The van der Waals surface area contributed by atoms with E-state index in [2.05, 4.69) is 23.9 Å². The van der Waals surface area contributed by atoms with Crippen molar-refractivity contribution < 1.29 is 9.25 Å². The van der Waals surface area contributed by atoms with E-state index in [-0.39, 0.29) is 12.4 Å². The van der Waals surface area contributed by atoms with E-state index in [9.17, 15) is 0 Å². The fourth-order valence-corrected chi connectivity index (χ4v) is 2.96. The summed E-state index contributed by atoms with van der Waals surface area (Å²) in [4.78, 5) is 7.88. The van der Waals surface area contributed by atoms with Crippen LogP contribution in [0.4, 0.5) is 0 Å². The highest BCUT2D eigenvalue weighted by Gasteiger charge is 2.07. The summed E-state index contributed by atoms with van der Waals surface area (Å²) >= 11 is 6.16. The minimum absolute atomic E-state index is 0. The molecule has 0 radical (unpaired) electrons. The van der Waals surface area contributed by atoms with Gasteiger partial charge in [-0.15, -0.1) is 12.4 Å². The van der Waals surface area contributed by atoms with E-state index in [1.807, 2.05) is 54.6 Å². The highest BCUT2D eigenvalue weighted by atomic mass is 35.5. The molecule has 0 atom stereocenters. The summed E-state index contributed by atoms with van der Waals surface area (Å²) in [6, 6.07) is 17.4. The zero-order chi connectivity index (χ0) is 18.4. The lowest BCUT2D eigenvalue weighted by molar-refractivity contribution is 0.106. The van der Waals surface area contributed by atoms with Crippen LogP contribution in [0.3, 0.4) is 0 Å². The van der Waals surface area contributed by atoms with Gasteiger partial charge in [0.2, 0.25) is 0 Å². The van der Waals surface area contributed by atoms with Crippen LogP contribution in [0.1, 0.15) is 13.8 Å². The van der Waals surface area contributed by atoms with Gasteiger partial charge < -0.3 is 14.2 Å². The fourth-order valence-electron chi connectivity index (χ4n) is 2.79. The van der Waals surface area contributed by atoms with Crippen LogP contribution >= 0.6 is 24.0 Å². The van der Waals surface area contributed by atoms with Crippen LogP contribution in [0.2, 0.25) is 5.02 Å². The molecule has 0 N–H and O–H groups in total. The van der Waals surface area contributed by atoms with Crippen LogP contribution in [0.15, 0.2) is 64.2 Å². The topological polar surface area (TPSA) is 38.0 Å². The van der Waals surface area contributed by atoms with Gasteiger partial charge in [0.05, 0.1) is 0 Å². The number of benzene rings is 2. The standard InChI is InChI=1S/C21H23ClN2O2.ClH/c1-3-24(4-2)12-13-25-23-19-15-21(16-8-6-5-7-9-16)26-20-11-10-17(22)14-18(19)20;/h5-11,14-15H,3-4,12-13H2,1-2H3;1H/b23-19-;. The molecule has 0 fully saturated rings. The molecule has 0 aliphatic carbocycles. The summed E-state index contributed by atoms with van der Waals surface area (Å²) in [7, 11) is 0. The van der Waals surface area contributed by atoms with Gasteiger partial charge in [-0.1, -0.05) is 60.9 Å². The maximum absolute atomic E-state index is 6.16. The van der Waals surface area contributed by atoms with Crippen molar-refractivity contribution in [3.8, 4) is 11.3 Å². The van der Waals surface area contributed by atoms with Crippen LogP contribution in [0.25, 0.3) is 22.3 Å². The van der Waals surface area contributed by atoms with Crippen LogP contribution in [-0.2, 0) is 4.84 Å². The van der Waals surface area contributed by atoms with Gasteiger partial charge in [0.15, 0.2) is 0 Å². The predicted octanol–water partition coefficient (Wildman–Crippen LogP) is 5.35. The minimum Gasteiger partial charge on any atom is -0.456 e. The van der Waals surface area contributed by atoms with Gasteiger partial charge in [0, 0.05) is 28.6 Å². The molecular formula is C21H24Cl2N2O2. The Labute approximate surface area is 170 Å². The molecule has 3 aromatic rings. The van der Waals surface area contributed by atoms with E-state index in [0.29, 0.717) is 17.0 Å². The van der Waals surface area contributed by atoms with Crippen molar-refractivity contribution in [1.82, 2.24) is 4.90 Å². The van der Waals surface area contributed by atoms with Gasteiger partial charge in [0.1, 0.15) is 23.3 Å². The van der Waals surface area contributed by atoms with Gasteiger partial charge in [-0.3, -0.25) is 0 Å². The molecule has 4 nitrogen and oxygen atoms in total. The Morgan fingerprint density at radius 1 is 1.04 bits per heavy atom. The Hall–Kier alpha value is -2.01. The normalized spacial score (nSPS) is 11.6. The Kier molecular flexibility index (Phi) is 8.17. The van der Waals surface area contributed by atoms with Crippen LogP contribution in [0, 0.1) is 0 Å². The molecule has 144 valence electrons. The van der Waals surface area contributed by atoms with Crippen LogP contribution in [-0.4, -0.2) is 31.1 Å². The van der Waals surface area contributed by atoms with E-state index in [4.69, 9.17) is 20.9 Å². The zero-order valence-corrected chi connectivity index (χ0v) is 17.1. The molecule has 1 heterocycles. The second-order valence-corrected chi connectivity index (χ2v) is 6.39. The van der Waals surface area contributed by atoms with Crippen LogP contribution < -0.4 is 5.36 Å². The van der Waals surface area contributed by atoms with Gasteiger partial charge in [-0.25, -0.2) is 0 Å². The first-order chi connectivity index (χ1) is 12.7. The number of hydrogen-bond acceptors (Lipinski definition) is 4. The lowest BCUT2D eigenvalue weighted by Crippen LogP contribution is -2.26. The Morgan fingerprint density at radius 2 is 1.78 bits per heavy atom. The molecule has 1 aromatic heterocycles. The maximum Gasteiger partial charge on any atom is 0.137 e. The van der Waals surface area contributed by atoms with Crippen molar-refractivity contribution in [2.75, 3.05) is 26.2 Å². The van der Waals surface area contributed by atoms with Crippen molar-refractivity contribution in [2.45, 2.75) is 13.8 Å². The van der Waals surface area contributed by atoms with Crippen molar-refractivity contribution in [3.05, 3.63) is 65.0 Å². The smallest absolute Gasteiger partial charge is 0.137 e. The monoisotopic (exact) mass is 406 g/mol. The second kappa shape index (κ2) is 10.4.